The van der Waals surface area contributed by atoms with Gasteiger partial charge in [0.15, 0.2) is 5.60 Å². The van der Waals surface area contributed by atoms with E-state index in [0.29, 0.717) is 0 Å². The van der Waals surface area contributed by atoms with Crippen LogP contribution >= 0.6 is 0 Å². The van der Waals surface area contributed by atoms with Crippen LogP contribution in [0.2, 0.25) is 0 Å². The molecule has 1 amide bonds. The van der Waals surface area contributed by atoms with E-state index < -0.39 is 11.5 Å². The number of aryl methyl sites for hydroxylation is 1. The van der Waals surface area contributed by atoms with Gasteiger partial charge in [0.25, 0.3) is 5.91 Å². The van der Waals surface area contributed by atoms with E-state index in [-0.39, 0.29) is 0 Å². The Morgan fingerprint density at radius 1 is 1.53 bits per heavy atom. The molecular formula is C12H17NO2. The molecule has 1 aromatic rings. The maximum absolute atomic E-state index is 11.3. The number of rotatable bonds is 4. The van der Waals surface area contributed by atoms with Crippen LogP contribution < -0.4 is 5.73 Å². The van der Waals surface area contributed by atoms with Gasteiger partial charge in [-0.2, -0.15) is 0 Å². The van der Waals surface area contributed by atoms with E-state index in [1.54, 1.807) is 6.92 Å². The molecule has 0 aromatic heterocycles. The fraction of sp³-hybridized carbons (Fsp3) is 0.417. The fourth-order valence-corrected chi connectivity index (χ4v) is 1.45. The SMILES string of the molecule is CCc1cccc(C(C)(OC)C(N)=O)c1. The van der Waals surface area contributed by atoms with Crippen molar-refractivity contribution in [3.8, 4) is 0 Å². The molecule has 0 aliphatic rings. The van der Waals surface area contributed by atoms with Crippen LogP contribution in [-0.4, -0.2) is 13.0 Å². The zero-order chi connectivity index (χ0) is 11.5. The summed E-state index contributed by atoms with van der Waals surface area (Å²) in [6, 6.07) is 7.73. The molecule has 15 heavy (non-hydrogen) atoms. The molecule has 0 heterocycles. The number of hydrogen-bond donors (Lipinski definition) is 1. The van der Waals surface area contributed by atoms with E-state index in [0.717, 1.165) is 17.5 Å². The van der Waals surface area contributed by atoms with Crippen molar-refractivity contribution in [2.75, 3.05) is 7.11 Å². The van der Waals surface area contributed by atoms with Crippen molar-refractivity contribution in [1.29, 1.82) is 0 Å². The third-order valence-corrected chi connectivity index (χ3v) is 2.76. The molecule has 3 heteroatoms. The summed E-state index contributed by atoms with van der Waals surface area (Å²) >= 11 is 0. The minimum absolute atomic E-state index is 0.474. The number of carbonyl (C=O) groups excluding carboxylic acids is 1. The van der Waals surface area contributed by atoms with E-state index in [2.05, 4.69) is 6.92 Å². The van der Waals surface area contributed by atoms with Crippen molar-refractivity contribution < 1.29 is 9.53 Å². The van der Waals surface area contributed by atoms with Crippen LogP contribution in [-0.2, 0) is 21.6 Å². The maximum atomic E-state index is 11.3. The predicted molar refractivity (Wildman–Crippen MR) is 59.4 cm³/mol. The fourth-order valence-electron chi connectivity index (χ4n) is 1.45. The lowest BCUT2D eigenvalue weighted by molar-refractivity contribution is -0.139. The van der Waals surface area contributed by atoms with E-state index in [1.807, 2.05) is 24.3 Å². The smallest absolute Gasteiger partial charge is 0.254 e. The van der Waals surface area contributed by atoms with Gasteiger partial charge in [-0.05, 0) is 24.5 Å². The monoisotopic (exact) mass is 207 g/mol. The summed E-state index contributed by atoms with van der Waals surface area (Å²) in [5, 5.41) is 0. The summed E-state index contributed by atoms with van der Waals surface area (Å²) in [6.07, 6.45) is 0.923. The first kappa shape index (κ1) is 11.7. The Labute approximate surface area is 90.2 Å². The molecule has 0 aliphatic carbocycles. The van der Waals surface area contributed by atoms with Gasteiger partial charge in [-0.3, -0.25) is 4.79 Å². The highest BCUT2D eigenvalue weighted by Crippen LogP contribution is 2.25. The van der Waals surface area contributed by atoms with Crippen LogP contribution in [0.25, 0.3) is 0 Å². The standard InChI is InChI=1S/C12H17NO2/c1-4-9-6-5-7-10(8-9)12(2,15-3)11(13)14/h5-8H,4H2,1-3H3,(H2,13,14). The Kier molecular flexibility index (Phi) is 3.48. The molecule has 1 unspecified atom stereocenters. The van der Waals surface area contributed by atoms with Gasteiger partial charge in [0.1, 0.15) is 0 Å². The number of hydrogen-bond acceptors (Lipinski definition) is 2. The minimum atomic E-state index is -1.04. The van der Waals surface area contributed by atoms with E-state index >= 15 is 0 Å². The van der Waals surface area contributed by atoms with Gasteiger partial charge in [0.2, 0.25) is 0 Å². The van der Waals surface area contributed by atoms with Gasteiger partial charge in [-0.1, -0.05) is 31.2 Å². The van der Waals surface area contributed by atoms with Crippen molar-refractivity contribution in [2.24, 2.45) is 5.73 Å². The van der Waals surface area contributed by atoms with Crippen LogP contribution in [0.1, 0.15) is 25.0 Å². The molecule has 1 rings (SSSR count). The number of primary amides is 1. The molecule has 3 nitrogen and oxygen atoms in total. The number of nitrogens with two attached hydrogens (primary N) is 1. The highest BCUT2D eigenvalue weighted by molar-refractivity contribution is 5.84. The number of carbonyl (C=O) groups is 1. The Bertz CT molecular complexity index is 362. The molecule has 1 aromatic carbocycles. The maximum Gasteiger partial charge on any atom is 0.254 e. The van der Waals surface area contributed by atoms with Crippen molar-refractivity contribution in [1.82, 2.24) is 0 Å². The zero-order valence-electron chi connectivity index (χ0n) is 9.41. The van der Waals surface area contributed by atoms with Gasteiger partial charge in [0.05, 0.1) is 0 Å². The van der Waals surface area contributed by atoms with E-state index in [4.69, 9.17) is 10.5 Å². The van der Waals surface area contributed by atoms with Gasteiger partial charge < -0.3 is 10.5 Å². The number of ether oxygens (including phenoxy) is 1. The summed E-state index contributed by atoms with van der Waals surface area (Å²) < 4.78 is 5.21. The summed E-state index contributed by atoms with van der Waals surface area (Å²) in [5.74, 6) is -0.474. The summed E-state index contributed by atoms with van der Waals surface area (Å²) in [6.45, 7) is 3.75. The third kappa shape index (κ3) is 2.18. The van der Waals surface area contributed by atoms with Crippen molar-refractivity contribution in [3.63, 3.8) is 0 Å². The first-order chi connectivity index (χ1) is 7.04. The van der Waals surface area contributed by atoms with Crippen molar-refractivity contribution in [2.45, 2.75) is 25.9 Å². The Morgan fingerprint density at radius 3 is 2.67 bits per heavy atom. The zero-order valence-corrected chi connectivity index (χ0v) is 9.41. The lowest BCUT2D eigenvalue weighted by Crippen LogP contribution is -2.40. The largest absolute Gasteiger partial charge is 0.367 e. The van der Waals surface area contributed by atoms with Crippen LogP contribution in [0.15, 0.2) is 24.3 Å². The molecule has 0 saturated carbocycles. The second kappa shape index (κ2) is 4.45. The summed E-state index contributed by atoms with van der Waals surface area (Å²) in [5.41, 5.74) is 6.27. The van der Waals surface area contributed by atoms with Gasteiger partial charge in [-0.15, -0.1) is 0 Å². The number of methoxy groups -OCH3 is 1. The molecule has 82 valence electrons. The van der Waals surface area contributed by atoms with Crippen LogP contribution in [0.5, 0.6) is 0 Å². The van der Waals surface area contributed by atoms with E-state index in [9.17, 15) is 4.79 Å². The molecule has 0 spiro atoms. The Hall–Kier alpha value is -1.35. The lowest BCUT2D eigenvalue weighted by Gasteiger charge is -2.25. The highest BCUT2D eigenvalue weighted by atomic mass is 16.5. The Balaban J connectivity index is 3.18. The van der Waals surface area contributed by atoms with Crippen molar-refractivity contribution >= 4 is 5.91 Å². The number of benzene rings is 1. The molecule has 0 aliphatic heterocycles. The molecule has 0 saturated heterocycles. The van der Waals surface area contributed by atoms with Crippen molar-refractivity contribution in [3.05, 3.63) is 35.4 Å². The topological polar surface area (TPSA) is 52.3 Å². The third-order valence-electron chi connectivity index (χ3n) is 2.76. The molecule has 0 radical (unpaired) electrons. The molecule has 1 atom stereocenters. The second-order valence-corrected chi connectivity index (χ2v) is 3.66. The lowest BCUT2D eigenvalue weighted by atomic mass is 9.93. The normalized spacial score (nSPS) is 14.6. The first-order valence-electron chi connectivity index (χ1n) is 4.99. The molecule has 2 N–H and O–H groups in total. The molecule has 0 bridgehead atoms. The quantitative estimate of drug-likeness (QED) is 0.815. The van der Waals surface area contributed by atoms with Crippen LogP contribution in [0.3, 0.4) is 0 Å². The molecule has 0 fully saturated rings. The average Bonchev–Trinajstić information content (AvgIpc) is 2.27. The van der Waals surface area contributed by atoms with Gasteiger partial charge in [0, 0.05) is 7.11 Å². The van der Waals surface area contributed by atoms with Crippen LogP contribution in [0.4, 0.5) is 0 Å². The summed E-state index contributed by atoms with van der Waals surface area (Å²) in [4.78, 5) is 11.3. The average molecular weight is 207 g/mol. The molecular weight excluding hydrogens is 190 g/mol. The van der Waals surface area contributed by atoms with E-state index in [1.165, 1.54) is 7.11 Å². The first-order valence-corrected chi connectivity index (χ1v) is 4.99. The van der Waals surface area contributed by atoms with Gasteiger partial charge >= 0.3 is 0 Å². The minimum Gasteiger partial charge on any atom is -0.367 e. The second-order valence-electron chi connectivity index (χ2n) is 3.66. The highest BCUT2D eigenvalue weighted by Gasteiger charge is 2.32. The van der Waals surface area contributed by atoms with Crippen LogP contribution in [0, 0.1) is 0 Å². The number of amides is 1. The predicted octanol–water partition coefficient (Wildman–Crippen LogP) is 1.60. The Morgan fingerprint density at radius 2 is 2.20 bits per heavy atom. The summed E-state index contributed by atoms with van der Waals surface area (Å²) in [7, 11) is 1.49. The van der Waals surface area contributed by atoms with Gasteiger partial charge in [-0.25, -0.2) is 0 Å².